The first-order chi connectivity index (χ1) is 14.7. The van der Waals surface area contributed by atoms with E-state index < -0.39 is 0 Å². The van der Waals surface area contributed by atoms with E-state index >= 15 is 0 Å². The fourth-order valence-corrected chi connectivity index (χ4v) is 3.63. The summed E-state index contributed by atoms with van der Waals surface area (Å²) in [5.41, 5.74) is 2.18. The number of anilines is 1. The molecule has 0 unspecified atom stereocenters. The molecule has 0 spiro atoms. The van der Waals surface area contributed by atoms with Gasteiger partial charge in [0.05, 0.1) is 17.1 Å². The largest absolute Gasteiger partial charge is 0.444 e. The Balaban J connectivity index is 1.34. The van der Waals surface area contributed by atoms with Gasteiger partial charge in [-0.25, -0.2) is 9.97 Å². The number of aromatic nitrogens is 3. The van der Waals surface area contributed by atoms with E-state index in [1.54, 1.807) is 10.8 Å². The van der Waals surface area contributed by atoms with Crippen LogP contribution in [0.2, 0.25) is 0 Å². The van der Waals surface area contributed by atoms with Gasteiger partial charge in [-0.1, -0.05) is 24.3 Å². The standard InChI is InChI=1S/C23H20N4O3/c28-22(25-16-5-3-4-15(12-16)20-13-24-14-30-20)11-10-21-26-19-7-2-1-6-18(19)23(29)27(21)17-8-9-17/h1-7,12-14,17H,8-11H2,(H,25,28). The molecule has 7 heteroatoms. The molecule has 1 amide bonds. The zero-order chi connectivity index (χ0) is 20.5. The zero-order valence-corrected chi connectivity index (χ0v) is 16.2. The lowest BCUT2D eigenvalue weighted by Crippen LogP contribution is -2.25. The lowest BCUT2D eigenvalue weighted by atomic mass is 10.1. The maximum atomic E-state index is 12.9. The molecule has 1 aliphatic carbocycles. The second kappa shape index (κ2) is 7.59. The van der Waals surface area contributed by atoms with E-state index in [2.05, 4.69) is 15.3 Å². The lowest BCUT2D eigenvalue weighted by molar-refractivity contribution is -0.116. The second-order valence-electron chi connectivity index (χ2n) is 7.45. The van der Waals surface area contributed by atoms with Gasteiger partial charge in [0, 0.05) is 30.1 Å². The van der Waals surface area contributed by atoms with Crippen molar-refractivity contribution < 1.29 is 9.21 Å². The summed E-state index contributed by atoms with van der Waals surface area (Å²) in [6.07, 6.45) is 5.61. The molecule has 0 radical (unpaired) electrons. The monoisotopic (exact) mass is 400 g/mol. The Kier molecular flexibility index (Phi) is 4.63. The van der Waals surface area contributed by atoms with Gasteiger partial charge in [0.25, 0.3) is 5.56 Å². The summed E-state index contributed by atoms with van der Waals surface area (Å²) >= 11 is 0. The maximum Gasteiger partial charge on any atom is 0.261 e. The summed E-state index contributed by atoms with van der Waals surface area (Å²) in [6, 6.07) is 15.0. The highest BCUT2D eigenvalue weighted by molar-refractivity contribution is 5.91. The van der Waals surface area contributed by atoms with Crippen molar-refractivity contribution in [3.63, 3.8) is 0 Å². The minimum atomic E-state index is -0.130. The first-order valence-electron chi connectivity index (χ1n) is 9.98. The summed E-state index contributed by atoms with van der Waals surface area (Å²) in [5, 5.41) is 3.54. The third-order valence-corrected chi connectivity index (χ3v) is 5.23. The van der Waals surface area contributed by atoms with Crippen molar-refractivity contribution in [2.45, 2.75) is 31.7 Å². The molecule has 0 saturated heterocycles. The van der Waals surface area contributed by atoms with Crippen molar-refractivity contribution >= 4 is 22.5 Å². The Morgan fingerprint density at radius 3 is 2.83 bits per heavy atom. The van der Waals surface area contributed by atoms with Crippen LogP contribution < -0.4 is 10.9 Å². The number of rotatable bonds is 6. The number of benzene rings is 2. The fourth-order valence-electron chi connectivity index (χ4n) is 3.63. The maximum absolute atomic E-state index is 12.9. The van der Waals surface area contributed by atoms with Crippen LogP contribution in [0.4, 0.5) is 5.69 Å². The van der Waals surface area contributed by atoms with Gasteiger partial charge < -0.3 is 9.73 Å². The van der Waals surface area contributed by atoms with Gasteiger partial charge in [-0.15, -0.1) is 0 Å². The molecule has 4 aromatic rings. The van der Waals surface area contributed by atoms with Crippen LogP contribution in [-0.4, -0.2) is 20.4 Å². The van der Waals surface area contributed by atoms with E-state index in [1.165, 1.54) is 6.39 Å². The molecule has 2 heterocycles. The number of hydrogen-bond donors (Lipinski definition) is 1. The van der Waals surface area contributed by atoms with Crippen LogP contribution in [0.15, 0.2) is 70.3 Å². The van der Waals surface area contributed by atoms with E-state index in [0.717, 1.165) is 18.4 Å². The molecule has 0 aliphatic heterocycles. The molecule has 1 N–H and O–H groups in total. The third-order valence-electron chi connectivity index (χ3n) is 5.23. The van der Waals surface area contributed by atoms with Crippen molar-refractivity contribution in [1.29, 1.82) is 0 Å². The summed E-state index contributed by atoms with van der Waals surface area (Å²) < 4.78 is 7.09. The Labute approximate surface area is 172 Å². The minimum absolute atomic E-state index is 0.0155. The van der Waals surface area contributed by atoms with Gasteiger partial charge in [0.15, 0.2) is 12.2 Å². The second-order valence-corrected chi connectivity index (χ2v) is 7.45. The topological polar surface area (TPSA) is 90.0 Å². The Bertz CT molecular complexity index is 1270. The third kappa shape index (κ3) is 3.61. The molecular formula is C23H20N4O3. The lowest BCUT2D eigenvalue weighted by Gasteiger charge is -2.13. The number of nitrogens with zero attached hydrogens (tertiary/aromatic N) is 3. The highest BCUT2D eigenvalue weighted by Gasteiger charge is 2.28. The molecule has 2 aromatic heterocycles. The van der Waals surface area contributed by atoms with Crippen LogP contribution in [-0.2, 0) is 11.2 Å². The van der Waals surface area contributed by atoms with Crippen molar-refractivity contribution in [3.05, 3.63) is 77.3 Å². The van der Waals surface area contributed by atoms with Crippen molar-refractivity contribution in [2.24, 2.45) is 0 Å². The van der Waals surface area contributed by atoms with Gasteiger partial charge in [-0.05, 0) is 37.1 Å². The zero-order valence-electron chi connectivity index (χ0n) is 16.2. The average Bonchev–Trinajstić information content (AvgIpc) is 3.44. The number of carbonyl (C=O) groups excluding carboxylic acids is 1. The number of hydrogen-bond acceptors (Lipinski definition) is 5. The van der Waals surface area contributed by atoms with Crippen LogP contribution in [0.5, 0.6) is 0 Å². The normalized spacial score (nSPS) is 13.5. The number of oxazole rings is 1. The number of para-hydroxylation sites is 1. The van der Waals surface area contributed by atoms with Gasteiger partial charge >= 0.3 is 0 Å². The Morgan fingerprint density at radius 1 is 1.17 bits per heavy atom. The Hall–Kier alpha value is -3.74. The Morgan fingerprint density at radius 2 is 2.03 bits per heavy atom. The summed E-state index contributed by atoms with van der Waals surface area (Å²) in [6.45, 7) is 0. The first kappa shape index (κ1) is 18.3. The van der Waals surface area contributed by atoms with Gasteiger partial charge in [0.2, 0.25) is 5.91 Å². The van der Waals surface area contributed by atoms with Gasteiger partial charge in [-0.2, -0.15) is 0 Å². The van der Waals surface area contributed by atoms with Crippen molar-refractivity contribution in [3.8, 4) is 11.3 Å². The molecule has 1 aliphatic rings. The van der Waals surface area contributed by atoms with Gasteiger partial charge in [0.1, 0.15) is 5.82 Å². The quantitative estimate of drug-likeness (QED) is 0.529. The SMILES string of the molecule is O=C(CCc1nc2ccccc2c(=O)n1C1CC1)Nc1cccc(-c2cnco2)c1. The molecule has 2 aromatic carbocycles. The smallest absolute Gasteiger partial charge is 0.261 e. The van der Waals surface area contributed by atoms with E-state index in [4.69, 9.17) is 4.42 Å². The molecule has 0 bridgehead atoms. The molecule has 30 heavy (non-hydrogen) atoms. The van der Waals surface area contributed by atoms with Crippen LogP contribution in [0.1, 0.15) is 31.1 Å². The number of fused-ring (bicyclic) bond motifs is 1. The van der Waals surface area contributed by atoms with Crippen LogP contribution in [0.3, 0.4) is 0 Å². The van der Waals surface area contributed by atoms with E-state index in [9.17, 15) is 9.59 Å². The van der Waals surface area contributed by atoms with Crippen LogP contribution in [0.25, 0.3) is 22.2 Å². The van der Waals surface area contributed by atoms with Crippen molar-refractivity contribution in [2.75, 3.05) is 5.32 Å². The molecular weight excluding hydrogens is 380 g/mol. The van der Waals surface area contributed by atoms with Gasteiger partial charge in [-0.3, -0.25) is 14.2 Å². The van der Waals surface area contributed by atoms with E-state index in [-0.39, 0.29) is 23.9 Å². The minimum Gasteiger partial charge on any atom is -0.444 e. The number of aryl methyl sites for hydroxylation is 1. The highest BCUT2D eigenvalue weighted by atomic mass is 16.3. The molecule has 0 atom stereocenters. The number of nitrogens with one attached hydrogen (secondary N) is 1. The van der Waals surface area contributed by atoms with Crippen LogP contribution >= 0.6 is 0 Å². The molecule has 7 nitrogen and oxygen atoms in total. The molecule has 1 saturated carbocycles. The predicted molar refractivity (Wildman–Crippen MR) is 113 cm³/mol. The number of carbonyl (C=O) groups is 1. The molecule has 150 valence electrons. The average molecular weight is 400 g/mol. The fraction of sp³-hybridized carbons (Fsp3) is 0.217. The van der Waals surface area contributed by atoms with Crippen molar-refractivity contribution in [1.82, 2.24) is 14.5 Å². The van der Waals surface area contributed by atoms with E-state index in [1.807, 2.05) is 48.5 Å². The number of amides is 1. The first-order valence-corrected chi connectivity index (χ1v) is 9.98. The van der Waals surface area contributed by atoms with Crippen LogP contribution in [0, 0.1) is 0 Å². The predicted octanol–water partition coefficient (Wildman–Crippen LogP) is 3.96. The highest BCUT2D eigenvalue weighted by Crippen LogP contribution is 2.35. The summed E-state index contributed by atoms with van der Waals surface area (Å²) in [5.74, 6) is 1.18. The van der Waals surface area contributed by atoms with E-state index in [0.29, 0.717) is 34.6 Å². The molecule has 1 fully saturated rings. The summed E-state index contributed by atoms with van der Waals surface area (Å²) in [4.78, 5) is 34.1. The summed E-state index contributed by atoms with van der Waals surface area (Å²) in [7, 11) is 0. The molecule has 5 rings (SSSR count).